The summed E-state index contributed by atoms with van der Waals surface area (Å²) < 4.78 is 6.26. The molecule has 0 bridgehead atoms. The summed E-state index contributed by atoms with van der Waals surface area (Å²) in [5.41, 5.74) is 9.44. The van der Waals surface area contributed by atoms with Gasteiger partial charge in [0.1, 0.15) is 5.58 Å². The van der Waals surface area contributed by atoms with Crippen molar-refractivity contribution in [2.75, 3.05) is 0 Å². The zero-order chi connectivity index (χ0) is 24.3. The number of aryl methyl sites for hydroxylation is 2. The zero-order valence-corrected chi connectivity index (χ0v) is 20.8. The summed E-state index contributed by atoms with van der Waals surface area (Å²) in [5, 5.41) is 4.67. The lowest BCUT2D eigenvalue weighted by Gasteiger charge is -2.24. The first kappa shape index (κ1) is 21.5. The van der Waals surface area contributed by atoms with E-state index in [1.807, 2.05) is 19.2 Å². The summed E-state index contributed by atoms with van der Waals surface area (Å²) >= 11 is 0. The normalized spacial score (nSPS) is 12.1. The molecule has 3 heteroatoms. The number of benzene rings is 3. The minimum Gasteiger partial charge on any atom is -0.437 e. The first-order chi connectivity index (χ1) is 16.8. The second-order valence-corrected chi connectivity index (χ2v) is 10.4. The van der Waals surface area contributed by atoms with Crippen molar-refractivity contribution in [3.63, 3.8) is 0 Å². The average molecular weight is 457 g/mol. The fourth-order valence-corrected chi connectivity index (χ4v) is 5.22. The second kappa shape index (κ2) is 7.78. The van der Waals surface area contributed by atoms with Crippen LogP contribution in [0.25, 0.3) is 55.2 Å². The highest BCUT2D eigenvalue weighted by Crippen LogP contribution is 2.40. The van der Waals surface area contributed by atoms with Gasteiger partial charge in [0.05, 0.1) is 5.69 Å². The molecular weight excluding hydrogens is 428 g/mol. The van der Waals surface area contributed by atoms with Crippen molar-refractivity contribution < 1.29 is 4.42 Å². The standard InChI is InChI=1S/C32H28N2O/c1-19-17-27(32(3,4)5)22-9-6-7-10-23(22)29(19)21-15-16-33-28(18-21)26-12-8-11-24-25-14-13-20(2)34-31(25)35-30(24)26/h6-18H,1-5H3. The van der Waals surface area contributed by atoms with Gasteiger partial charge in [-0.1, -0.05) is 63.2 Å². The fourth-order valence-electron chi connectivity index (χ4n) is 5.22. The van der Waals surface area contributed by atoms with Gasteiger partial charge in [0.2, 0.25) is 5.71 Å². The highest BCUT2D eigenvalue weighted by molar-refractivity contribution is 6.08. The third-order valence-electron chi connectivity index (χ3n) is 6.88. The number of hydrogen-bond acceptors (Lipinski definition) is 3. The van der Waals surface area contributed by atoms with Gasteiger partial charge in [-0.15, -0.1) is 0 Å². The van der Waals surface area contributed by atoms with Crippen molar-refractivity contribution in [2.24, 2.45) is 0 Å². The molecule has 0 atom stereocenters. The lowest BCUT2D eigenvalue weighted by molar-refractivity contribution is 0.595. The molecule has 3 nitrogen and oxygen atoms in total. The van der Waals surface area contributed by atoms with Crippen LogP contribution in [0.3, 0.4) is 0 Å². The van der Waals surface area contributed by atoms with Crippen LogP contribution < -0.4 is 0 Å². The van der Waals surface area contributed by atoms with Crippen LogP contribution in [-0.4, -0.2) is 9.97 Å². The highest BCUT2D eigenvalue weighted by Gasteiger charge is 2.21. The quantitative estimate of drug-likeness (QED) is 0.261. The molecule has 0 saturated heterocycles. The Morgan fingerprint density at radius 1 is 0.743 bits per heavy atom. The van der Waals surface area contributed by atoms with Gasteiger partial charge >= 0.3 is 0 Å². The fraction of sp³-hybridized carbons (Fsp3) is 0.188. The van der Waals surface area contributed by atoms with Crippen LogP contribution in [0.1, 0.15) is 37.6 Å². The number of fused-ring (bicyclic) bond motifs is 4. The van der Waals surface area contributed by atoms with Gasteiger partial charge in [0, 0.05) is 28.2 Å². The number of rotatable bonds is 2. The largest absolute Gasteiger partial charge is 0.437 e. The van der Waals surface area contributed by atoms with E-state index in [0.717, 1.165) is 38.9 Å². The molecule has 0 N–H and O–H groups in total. The summed E-state index contributed by atoms with van der Waals surface area (Å²) in [6.07, 6.45) is 1.90. The van der Waals surface area contributed by atoms with E-state index in [2.05, 4.69) is 99.4 Å². The number of pyridine rings is 2. The maximum Gasteiger partial charge on any atom is 0.227 e. The van der Waals surface area contributed by atoms with E-state index >= 15 is 0 Å². The number of hydrogen-bond donors (Lipinski definition) is 0. The Labute approximate surface area is 205 Å². The maximum atomic E-state index is 6.26. The lowest BCUT2D eigenvalue weighted by Crippen LogP contribution is -2.12. The van der Waals surface area contributed by atoms with Crippen LogP contribution in [-0.2, 0) is 5.41 Å². The summed E-state index contributed by atoms with van der Waals surface area (Å²) in [4.78, 5) is 9.36. The van der Waals surface area contributed by atoms with Gasteiger partial charge in [-0.3, -0.25) is 4.98 Å². The predicted molar refractivity (Wildman–Crippen MR) is 146 cm³/mol. The van der Waals surface area contributed by atoms with Gasteiger partial charge in [-0.2, -0.15) is 0 Å². The molecule has 6 aromatic rings. The van der Waals surface area contributed by atoms with Crippen molar-refractivity contribution in [3.8, 4) is 22.4 Å². The van der Waals surface area contributed by atoms with Crippen LogP contribution in [0, 0.1) is 13.8 Å². The monoisotopic (exact) mass is 456 g/mol. The Morgan fingerprint density at radius 3 is 2.31 bits per heavy atom. The van der Waals surface area contributed by atoms with E-state index in [0.29, 0.717) is 5.71 Å². The van der Waals surface area contributed by atoms with E-state index < -0.39 is 0 Å². The minimum atomic E-state index is 0.0651. The van der Waals surface area contributed by atoms with Crippen molar-refractivity contribution in [1.29, 1.82) is 0 Å². The summed E-state index contributed by atoms with van der Waals surface area (Å²) in [6.45, 7) is 11.0. The van der Waals surface area contributed by atoms with Crippen LogP contribution in [0.2, 0.25) is 0 Å². The van der Waals surface area contributed by atoms with Crippen LogP contribution in [0.15, 0.2) is 83.4 Å². The van der Waals surface area contributed by atoms with Gasteiger partial charge < -0.3 is 4.42 Å². The number of para-hydroxylation sites is 1. The molecule has 35 heavy (non-hydrogen) atoms. The molecule has 3 aromatic carbocycles. The van der Waals surface area contributed by atoms with Gasteiger partial charge in [0.25, 0.3) is 0 Å². The van der Waals surface area contributed by atoms with Crippen LogP contribution in [0.5, 0.6) is 0 Å². The molecule has 0 fully saturated rings. The van der Waals surface area contributed by atoms with Crippen molar-refractivity contribution in [2.45, 2.75) is 40.0 Å². The molecule has 0 amide bonds. The van der Waals surface area contributed by atoms with Crippen molar-refractivity contribution in [1.82, 2.24) is 9.97 Å². The Bertz CT molecular complexity index is 1750. The first-order valence-electron chi connectivity index (χ1n) is 12.1. The number of aromatic nitrogens is 2. The van der Waals surface area contributed by atoms with E-state index in [1.165, 1.54) is 27.5 Å². The van der Waals surface area contributed by atoms with Gasteiger partial charge in [-0.25, -0.2) is 4.98 Å². The smallest absolute Gasteiger partial charge is 0.227 e. The predicted octanol–water partition coefficient (Wildman–Crippen LogP) is 8.78. The van der Waals surface area contributed by atoms with Crippen molar-refractivity contribution >= 4 is 32.8 Å². The number of furan rings is 1. The van der Waals surface area contributed by atoms with Gasteiger partial charge in [-0.05, 0) is 82.6 Å². The summed E-state index contributed by atoms with van der Waals surface area (Å²) in [7, 11) is 0. The van der Waals surface area contributed by atoms with Crippen molar-refractivity contribution in [3.05, 3.63) is 95.8 Å². The highest BCUT2D eigenvalue weighted by atomic mass is 16.3. The topological polar surface area (TPSA) is 38.9 Å². The molecule has 0 aliphatic heterocycles. The molecule has 3 aromatic heterocycles. The van der Waals surface area contributed by atoms with Gasteiger partial charge in [0.15, 0.2) is 0 Å². The second-order valence-electron chi connectivity index (χ2n) is 10.4. The lowest BCUT2D eigenvalue weighted by atomic mass is 9.80. The molecular formula is C32H28N2O. The molecule has 6 rings (SSSR count). The number of nitrogens with zero attached hydrogens (tertiary/aromatic N) is 2. The molecule has 0 aliphatic rings. The van der Waals surface area contributed by atoms with Crippen LogP contribution >= 0.6 is 0 Å². The SMILES string of the molecule is Cc1ccc2c(n1)oc1c(-c3cc(-c4c(C)cc(C(C)(C)C)c5ccccc45)ccn3)cccc12. The molecule has 0 spiro atoms. The third-order valence-corrected chi connectivity index (χ3v) is 6.88. The maximum absolute atomic E-state index is 6.26. The molecule has 3 heterocycles. The minimum absolute atomic E-state index is 0.0651. The molecule has 0 aliphatic carbocycles. The zero-order valence-electron chi connectivity index (χ0n) is 20.8. The van der Waals surface area contributed by atoms with E-state index in [1.54, 1.807) is 0 Å². The third kappa shape index (κ3) is 3.50. The molecule has 0 radical (unpaired) electrons. The van der Waals surface area contributed by atoms with E-state index in [-0.39, 0.29) is 5.41 Å². The Morgan fingerprint density at radius 2 is 1.51 bits per heavy atom. The Kier molecular flexibility index (Phi) is 4.79. The Hall–Kier alpha value is -3.98. The Balaban J connectivity index is 1.58. The first-order valence-corrected chi connectivity index (χ1v) is 12.1. The van der Waals surface area contributed by atoms with Crippen LogP contribution in [0.4, 0.5) is 0 Å². The van der Waals surface area contributed by atoms with E-state index in [4.69, 9.17) is 9.40 Å². The molecule has 0 saturated carbocycles. The van der Waals surface area contributed by atoms with E-state index in [9.17, 15) is 0 Å². The summed E-state index contributed by atoms with van der Waals surface area (Å²) in [6, 6.07) is 25.7. The summed E-state index contributed by atoms with van der Waals surface area (Å²) in [5.74, 6) is 0. The average Bonchev–Trinajstić information content (AvgIpc) is 3.20. The molecule has 0 unspecified atom stereocenters. The molecule has 172 valence electrons.